The van der Waals surface area contributed by atoms with E-state index in [1.165, 1.54) is 4.90 Å². The third-order valence-electron chi connectivity index (χ3n) is 7.59. The van der Waals surface area contributed by atoms with Gasteiger partial charge < -0.3 is 25.6 Å². The molecule has 204 valence electrons. The maximum atomic E-state index is 14.0. The molecule has 4 rings (SSSR count). The normalized spacial score (nSPS) is 19.5. The van der Waals surface area contributed by atoms with Crippen LogP contribution in [0.25, 0.3) is 0 Å². The zero-order chi connectivity index (χ0) is 26.9. The largest absolute Gasteiger partial charge is 0.358 e. The highest BCUT2D eigenvalue weighted by Crippen LogP contribution is 2.29. The molecule has 3 atom stereocenters. The van der Waals surface area contributed by atoms with Crippen LogP contribution in [0.5, 0.6) is 0 Å². The number of benzene rings is 2. The molecule has 38 heavy (non-hydrogen) atoms. The molecule has 0 unspecified atom stereocenters. The van der Waals surface area contributed by atoms with Crippen LogP contribution in [0.3, 0.4) is 0 Å². The quantitative estimate of drug-likeness (QED) is 0.501. The van der Waals surface area contributed by atoms with Crippen molar-refractivity contribution in [1.29, 1.82) is 0 Å². The van der Waals surface area contributed by atoms with E-state index in [1.807, 2.05) is 53.4 Å². The first-order valence-electron chi connectivity index (χ1n) is 13.7. The first-order valence-corrected chi connectivity index (χ1v) is 13.7. The third kappa shape index (κ3) is 7.20. The number of rotatable bonds is 10. The lowest BCUT2D eigenvalue weighted by Crippen LogP contribution is -2.58. The number of carbonyl (C=O) groups excluding carboxylic acids is 3. The van der Waals surface area contributed by atoms with E-state index >= 15 is 0 Å². The summed E-state index contributed by atoms with van der Waals surface area (Å²) >= 11 is 0. The van der Waals surface area contributed by atoms with Gasteiger partial charge >= 0.3 is 0 Å². The number of nitrogens with one attached hydrogen (secondary N) is 1. The fourth-order valence-electron chi connectivity index (χ4n) is 5.37. The van der Waals surface area contributed by atoms with Crippen LogP contribution < -0.4 is 11.1 Å². The number of nitrogens with two attached hydrogens (primary N) is 1. The van der Waals surface area contributed by atoms with Crippen molar-refractivity contribution in [2.75, 3.05) is 19.9 Å². The summed E-state index contributed by atoms with van der Waals surface area (Å²) in [5.41, 5.74) is 7.98. The van der Waals surface area contributed by atoms with Crippen LogP contribution in [0, 0.1) is 5.92 Å². The number of nitrogens with zero attached hydrogens (tertiary/aromatic N) is 2. The second-order valence-electron chi connectivity index (χ2n) is 10.5. The Kier molecular flexibility index (Phi) is 9.90. The topological polar surface area (TPSA) is 105 Å². The molecule has 2 aromatic rings. The van der Waals surface area contributed by atoms with Gasteiger partial charge in [0.05, 0.1) is 12.6 Å². The Morgan fingerprint density at radius 2 is 1.63 bits per heavy atom. The van der Waals surface area contributed by atoms with Crippen molar-refractivity contribution in [3.8, 4) is 0 Å². The number of hydrogen-bond acceptors (Lipinski definition) is 5. The third-order valence-corrected chi connectivity index (χ3v) is 7.59. The highest BCUT2D eigenvalue weighted by atomic mass is 16.5. The van der Waals surface area contributed by atoms with Crippen LogP contribution in [-0.2, 0) is 32.1 Å². The summed E-state index contributed by atoms with van der Waals surface area (Å²) in [4.78, 5) is 43.7. The molecule has 1 heterocycles. The van der Waals surface area contributed by atoms with E-state index in [2.05, 4.69) is 17.4 Å². The summed E-state index contributed by atoms with van der Waals surface area (Å²) in [6.45, 7) is 2.74. The molecule has 2 aliphatic rings. The second-order valence-corrected chi connectivity index (χ2v) is 10.5. The van der Waals surface area contributed by atoms with Gasteiger partial charge in [0.25, 0.3) is 0 Å². The molecule has 8 nitrogen and oxygen atoms in total. The van der Waals surface area contributed by atoms with Crippen molar-refractivity contribution < 1.29 is 19.1 Å². The van der Waals surface area contributed by atoms with Crippen molar-refractivity contribution >= 4 is 17.7 Å². The zero-order valence-corrected chi connectivity index (χ0v) is 22.3. The fourth-order valence-corrected chi connectivity index (χ4v) is 5.37. The van der Waals surface area contributed by atoms with Crippen molar-refractivity contribution in [2.24, 2.45) is 11.7 Å². The van der Waals surface area contributed by atoms with Crippen LogP contribution in [0.15, 0.2) is 60.7 Å². The summed E-state index contributed by atoms with van der Waals surface area (Å²) < 4.78 is 5.69. The molecule has 1 aliphatic heterocycles. The fraction of sp³-hybridized carbons (Fsp3) is 0.500. The van der Waals surface area contributed by atoms with Crippen molar-refractivity contribution in [3.63, 3.8) is 0 Å². The Balaban J connectivity index is 1.53. The minimum absolute atomic E-state index is 0.0220. The van der Waals surface area contributed by atoms with E-state index in [-0.39, 0.29) is 37.0 Å². The summed E-state index contributed by atoms with van der Waals surface area (Å²) in [6.07, 6.45) is 5.59. The molecule has 1 aliphatic carbocycles. The van der Waals surface area contributed by atoms with E-state index in [0.29, 0.717) is 19.5 Å². The van der Waals surface area contributed by atoms with Gasteiger partial charge in [0.15, 0.2) is 0 Å². The average Bonchev–Trinajstić information content (AvgIpc) is 3.45. The maximum Gasteiger partial charge on any atom is 0.248 e. The Morgan fingerprint density at radius 1 is 1.00 bits per heavy atom. The number of amides is 3. The summed E-state index contributed by atoms with van der Waals surface area (Å²) in [5, 5.41) is 2.90. The molecule has 2 fully saturated rings. The number of hydrogen-bond donors (Lipinski definition) is 2. The Labute approximate surface area is 225 Å². The lowest BCUT2D eigenvalue weighted by Gasteiger charge is -2.35. The lowest BCUT2D eigenvalue weighted by atomic mass is 9.83. The Morgan fingerprint density at radius 3 is 2.26 bits per heavy atom. The van der Waals surface area contributed by atoms with Crippen LogP contribution in [-0.4, -0.2) is 65.5 Å². The smallest absolute Gasteiger partial charge is 0.248 e. The van der Waals surface area contributed by atoms with Gasteiger partial charge in [-0.15, -0.1) is 0 Å². The SMILES string of the molecule is C[C@H](N)C(=O)N[C@H](C(=O)N1COC[C@H]1C(=O)N(CCc1ccccc1)Cc1ccccc1)C1CCCCC1. The van der Waals surface area contributed by atoms with E-state index in [9.17, 15) is 14.4 Å². The molecule has 0 bridgehead atoms. The van der Waals surface area contributed by atoms with Crippen molar-refractivity contribution in [3.05, 3.63) is 71.8 Å². The lowest BCUT2D eigenvalue weighted by molar-refractivity contribution is -0.147. The average molecular weight is 521 g/mol. The first kappa shape index (κ1) is 27.8. The van der Waals surface area contributed by atoms with Crippen molar-refractivity contribution in [2.45, 2.75) is 70.1 Å². The molecule has 2 aromatic carbocycles. The Bertz CT molecular complexity index is 1060. The first-order chi connectivity index (χ1) is 18.4. The summed E-state index contributed by atoms with van der Waals surface area (Å²) in [5.74, 6) is -0.736. The van der Waals surface area contributed by atoms with Gasteiger partial charge in [-0.05, 0) is 43.2 Å². The van der Waals surface area contributed by atoms with Gasteiger partial charge in [0.1, 0.15) is 18.8 Å². The van der Waals surface area contributed by atoms with Crippen LogP contribution in [0.1, 0.15) is 50.2 Å². The van der Waals surface area contributed by atoms with Gasteiger partial charge in [-0.25, -0.2) is 0 Å². The monoisotopic (exact) mass is 520 g/mol. The Hall–Kier alpha value is -3.23. The highest BCUT2D eigenvalue weighted by Gasteiger charge is 2.42. The van der Waals surface area contributed by atoms with Gasteiger partial charge in [-0.1, -0.05) is 79.9 Å². The molecule has 8 heteroatoms. The van der Waals surface area contributed by atoms with E-state index in [4.69, 9.17) is 10.5 Å². The molecular weight excluding hydrogens is 480 g/mol. The molecule has 0 aromatic heterocycles. The summed E-state index contributed by atoms with van der Waals surface area (Å²) in [6, 6.07) is 17.8. The van der Waals surface area contributed by atoms with Gasteiger partial charge in [-0.2, -0.15) is 0 Å². The summed E-state index contributed by atoms with van der Waals surface area (Å²) in [7, 11) is 0. The molecular formula is C30H40N4O4. The molecule has 3 amide bonds. The van der Waals surface area contributed by atoms with Crippen molar-refractivity contribution in [1.82, 2.24) is 15.1 Å². The van der Waals surface area contributed by atoms with Crippen LogP contribution in [0.4, 0.5) is 0 Å². The number of ether oxygens (including phenoxy) is 1. The maximum absolute atomic E-state index is 14.0. The van der Waals surface area contributed by atoms with E-state index in [0.717, 1.165) is 43.2 Å². The minimum atomic E-state index is -0.736. The molecule has 1 saturated heterocycles. The second kappa shape index (κ2) is 13.5. The predicted molar refractivity (Wildman–Crippen MR) is 146 cm³/mol. The van der Waals surface area contributed by atoms with Gasteiger partial charge in [-0.3, -0.25) is 14.4 Å². The van der Waals surface area contributed by atoms with Crippen LogP contribution >= 0.6 is 0 Å². The standard InChI is InChI=1S/C30H40N4O4/c1-22(31)28(35)32-27(25-15-9-4-10-16-25)30(37)34-21-38-20-26(34)29(36)33(19-24-13-7-3-8-14-24)18-17-23-11-5-2-6-12-23/h2-3,5-8,11-14,22,25-27H,4,9-10,15-21,31H2,1H3,(H,32,35)/t22-,26-,27-/m0/s1. The molecule has 0 spiro atoms. The predicted octanol–water partition coefficient (Wildman–Crippen LogP) is 2.86. The number of carbonyl (C=O) groups is 3. The molecule has 0 radical (unpaired) electrons. The zero-order valence-electron chi connectivity index (χ0n) is 22.3. The minimum Gasteiger partial charge on any atom is -0.358 e. The highest BCUT2D eigenvalue weighted by molar-refractivity contribution is 5.93. The van der Waals surface area contributed by atoms with Crippen LogP contribution in [0.2, 0.25) is 0 Å². The van der Waals surface area contributed by atoms with E-state index < -0.39 is 18.1 Å². The van der Waals surface area contributed by atoms with E-state index in [1.54, 1.807) is 6.92 Å². The molecule has 1 saturated carbocycles. The van der Waals surface area contributed by atoms with Gasteiger partial charge in [0, 0.05) is 13.1 Å². The molecule has 3 N–H and O–H groups in total. The van der Waals surface area contributed by atoms with Gasteiger partial charge in [0.2, 0.25) is 17.7 Å².